The number of nitrogens with zero attached hydrogens (tertiary/aromatic N) is 1. The molecule has 0 amide bonds. The number of hydrogen-bond donors (Lipinski definition) is 2. The fourth-order valence-electron chi connectivity index (χ4n) is 1.64. The number of hydrazone groups is 1. The highest BCUT2D eigenvalue weighted by Crippen LogP contribution is 2.35. The molecule has 1 aliphatic rings. The summed E-state index contributed by atoms with van der Waals surface area (Å²) < 4.78 is 37.7. The molecule has 0 aliphatic carbocycles. The monoisotopic (exact) mass is 229 g/mol. The predicted molar refractivity (Wildman–Crippen MR) is 55.0 cm³/mol. The number of hydrogen-bond acceptors (Lipinski definition) is 3. The number of benzene rings is 1. The van der Waals surface area contributed by atoms with Crippen molar-refractivity contribution in [3.05, 3.63) is 29.3 Å². The summed E-state index contributed by atoms with van der Waals surface area (Å²) in [6, 6.07) is 3.87. The quantitative estimate of drug-likeness (QED) is 0.723. The maximum absolute atomic E-state index is 12.6. The molecule has 2 rings (SSSR count). The molecule has 0 aromatic heterocycles. The number of nitrogens with one attached hydrogen (secondary N) is 1. The molecule has 0 fully saturated rings. The number of nitrogens with two attached hydrogens (primary N) is 1. The zero-order valence-corrected chi connectivity index (χ0v) is 8.30. The molecule has 0 spiro atoms. The Labute approximate surface area is 90.1 Å². The molecule has 0 unspecified atom stereocenters. The van der Waals surface area contributed by atoms with Crippen molar-refractivity contribution in [3.8, 4) is 0 Å². The third-order valence-corrected chi connectivity index (χ3v) is 2.41. The van der Waals surface area contributed by atoms with E-state index in [1.165, 1.54) is 6.07 Å². The van der Waals surface area contributed by atoms with E-state index in [0.29, 0.717) is 24.2 Å². The third-order valence-electron chi connectivity index (χ3n) is 2.41. The molecule has 0 saturated carbocycles. The van der Waals surface area contributed by atoms with Gasteiger partial charge in [-0.2, -0.15) is 18.3 Å². The number of anilines is 1. The fraction of sp³-hybridized carbons (Fsp3) is 0.300. The first-order chi connectivity index (χ1) is 7.50. The van der Waals surface area contributed by atoms with E-state index in [2.05, 4.69) is 10.5 Å². The van der Waals surface area contributed by atoms with Crippen molar-refractivity contribution in [3.63, 3.8) is 0 Å². The lowest BCUT2D eigenvalue weighted by atomic mass is 10.0. The Balaban J connectivity index is 2.48. The second-order valence-electron chi connectivity index (χ2n) is 3.48. The average Bonchev–Trinajstić information content (AvgIpc) is 2.69. The lowest BCUT2D eigenvalue weighted by Gasteiger charge is -2.12. The van der Waals surface area contributed by atoms with Crippen LogP contribution in [-0.4, -0.2) is 12.3 Å². The highest BCUT2D eigenvalue weighted by atomic mass is 19.4. The Morgan fingerprint density at radius 3 is 2.62 bits per heavy atom. The average molecular weight is 229 g/mol. The van der Waals surface area contributed by atoms with Gasteiger partial charge in [-0.05, 0) is 6.07 Å². The van der Waals surface area contributed by atoms with Crippen molar-refractivity contribution in [2.75, 3.05) is 12.3 Å². The smallest absolute Gasteiger partial charge is 0.398 e. The normalized spacial score (nSPS) is 15.8. The van der Waals surface area contributed by atoms with Crippen LogP contribution in [0.2, 0.25) is 0 Å². The fourth-order valence-corrected chi connectivity index (χ4v) is 1.64. The van der Waals surface area contributed by atoms with Crippen molar-refractivity contribution in [1.29, 1.82) is 0 Å². The van der Waals surface area contributed by atoms with Gasteiger partial charge in [0.05, 0.1) is 17.0 Å². The van der Waals surface area contributed by atoms with Gasteiger partial charge >= 0.3 is 6.18 Å². The Kier molecular flexibility index (Phi) is 2.49. The van der Waals surface area contributed by atoms with Crippen LogP contribution in [0.5, 0.6) is 0 Å². The summed E-state index contributed by atoms with van der Waals surface area (Å²) in [5.74, 6) is 0. The zero-order chi connectivity index (χ0) is 11.8. The standard InChI is InChI=1S/C10H10F3N3/c11-10(12,13)7-3-1-2-6(9(7)14)8-4-5-15-16-8/h1-3,15H,4-5,14H2. The molecule has 1 heterocycles. The molecular formula is C10H10F3N3. The van der Waals surface area contributed by atoms with E-state index in [4.69, 9.17) is 5.73 Å². The van der Waals surface area contributed by atoms with E-state index in [-0.39, 0.29) is 5.69 Å². The summed E-state index contributed by atoms with van der Waals surface area (Å²) in [5.41, 5.74) is 8.10. The zero-order valence-electron chi connectivity index (χ0n) is 8.30. The van der Waals surface area contributed by atoms with Gasteiger partial charge in [-0.1, -0.05) is 12.1 Å². The van der Waals surface area contributed by atoms with Crippen LogP contribution in [0.3, 0.4) is 0 Å². The molecule has 16 heavy (non-hydrogen) atoms. The molecule has 0 saturated heterocycles. The van der Waals surface area contributed by atoms with Gasteiger partial charge in [-0.3, -0.25) is 0 Å². The van der Waals surface area contributed by atoms with E-state index in [1.807, 2.05) is 0 Å². The molecule has 86 valence electrons. The SMILES string of the molecule is Nc1c(C2=NNCC2)cccc1C(F)(F)F. The topological polar surface area (TPSA) is 50.4 Å². The number of rotatable bonds is 1. The molecular weight excluding hydrogens is 219 g/mol. The Morgan fingerprint density at radius 2 is 2.06 bits per heavy atom. The molecule has 1 aliphatic heterocycles. The van der Waals surface area contributed by atoms with Crippen LogP contribution in [0.15, 0.2) is 23.3 Å². The summed E-state index contributed by atoms with van der Waals surface area (Å²) in [6.07, 6.45) is -3.84. The first-order valence-electron chi connectivity index (χ1n) is 4.75. The van der Waals surface area contributed by atoms with E-state index in [0.717, 1.165) is 6.07 Å². The maximum atomic E-state index is 12.6. The molecule has 0 radical (unpaired) electrons. The van der Waals surface area contributed by atoms with Gasteiger partial charge in [0.2, 0.25) is 0 Å². The lowest BCUT2D eigenvalue weighted by molar-refractivity contribution is -0.136. The predicted octanol–water partition coefficient (Wildman–Crippen LogP) is 1.98. The van der Waals surface area contributed by atoms with Crippen LogP contribution in [-0.2, 0) is 6.18 Å². The van der Waals surface area contributed by atoms with Crippen LogP contribution in [0.25, 0.3) is 0 Å². The molecule has 1 aromatic carbocycles. The minimum Gasteiger partial charge on any atom is -0.398 e. The summed E-state index contributed by atoms with van der Waals surface area (Å²) in [5, 5.41) is 3.91. The van der Waals surface area contributed by atoms with E-state index >= 15 is 0 Å². The second kappa shape index (κ2) is 3.70. The van der Waals surface area contributed by atoms with Gasteiger partial charge in [0.25, 0.3) is 0 Å². The van der Waals surface area contributed by atoms with Gasteiger partial charge in [-0.25, -0.2) is 0 Å². The first kappa shape index (κ1) is 10.8. The van der Waals surface area contributed by atoms with Crippen LogP contribution >= 0.6 is 0 Å². The molecule has 0 bridgehead atoms. The third kappa shape index (κ3) is 1.82. The maximum Gasteiger partial charge on any atom is 0.418 e. The van der Waals surface area contributed by atoms with Gasteiger partial charge in [0.1, 0.15) is 0 Å². The largest absolute Gasteiger partial charge is 0.418 e. The summed E-state index contributed by atoms with van der Waals surface area (Å²) in [7, 11) is 0. The van der Waals surface area contributed by atoms with Crippen molar-refractivity contribution in [2.45, 2.75) is 12.6 Å². The Hall–Kier alpha value is -1.72. The van der Waals surface area contributed by atoms with E-state index in [9.17, 15) is 13.2 Å². The van der Waals surface area contributed by atoms with E-state index < -0.39 is 11.7 Å². The van der Waals surface area contributed by atoms with Gasteiger partial charge in [0.15, 0.2) is 0 Å². The number of nitrogen functional groups attached to an aromatic ring is 1. The highest BCUT2D eigenvalue weighted by molar-refractivity contribution is 6.05. The Bertz CT molecular complexity index is 437. The van der Waals surface area contributed by atoms with Crippen molar-refractivity contribution in [2.24, 2.45) is 5.10 Å². The second-order valence-corrected chi connectivity index (χ2v) is 3.48. The number of halogens is 3. The number of para-hydroxylation sites is 1. The molecule has 1 aromatic rings. The molecule has 0 atom stereocenters. The van der Waals surface area contributed by atoms with Crippen LogP contribution in [0.1, 0.15) is 17.5 Å². The van der Waals surface area contributed by atoms with Crippen LogP contribution < -0.4 is 11.2 Å². The van der Waals surface area contributed by atoms with Crippen LogP contribution in [0.4, 0.5) is 18.9 Å². The van der Waals surface area contributed by atoms with Gasteiger partial charge < -0.3 is 11.2 Å². The van der Waals surface area contributed by atoms with Crippen molar-refractivity contribution >= 4 is 11.4 Å². The summed E-state index contributed by atoms with van der Waals surface area (Å²) in [4.78, 5) is 0. The molecule has 3 nitrogen and oxygen atoms in total. The summed E-state index contributed by atoms with van der Waals surface area (Å²) >= 11 is 0. The van der Waals surface area contributed by atoms with E-state index in [1.54, 1.807) is 6.07 Å². The van der Waals surface area contributed by atoms with Crippen molar-refractivity contribution < 1.29 is 13.2 Å². The minimum absolute atomic E-state index is 0.252. The number of alkyl halides is 3. The molecule has 3 N–H and O–H groups in total. The lowest BCUT2D eigenvalue weighted by Crippen LogP contribution is -2.12. The van der Waals surface area contributed by atoms with Gasteiger partial charge in [0, 0.05) is 18.5 Å². The Morgan fingerprint density at radius 1 is 1.31 bits per heavy atom. The first-order valence-corrected chi connectivity index (χ1v) is 4.75. The van der Waals surface area contributed by atoms with Crippen molar-refractivity contribution in [1.82, 2.24) is 5.43 Å². The van der Waals surface area contributed by atoms with Gasteiger partial charge in [-0.15, -0.1) is 0 Å². The highest BCUT2D eigenvalue weighted by Gasteiger charge is 2.34. The minimum atomic E-state index is -4.42. The summed E-state index contributed by atoms with van der Waals surface area (Å²) in [6.45, 7) is 0.630. The van der Waals surface area contributed by atoms with Crippen LogP contribution in [0, 0.1) is 0 Å². The molecule has 6 heteroatoms.